The second kappa shape index (κ2) is 17.9. The number of benzene rings is 8. The zero-order chi connectivity index (χ0) is 47.2. The molecule has 0 spiro atoms. The first-order valence-electron chi connectivity index (χ1n) is 24.8. The summed E-state index contributed by atoms with van der Waals surface area (Å²) in [7, 11) is 0. The molecular formula is C62H54B2N4OPt. The fraction of sp³-hybridized carbons (Fsp3) is 0.194. The Labute approximate surface area is 427 Å². The van der Waals surface area contributed by atoms with Gasteiger partial charge in [-0.05, 0) is 92.0 Å². The molecule has 0 amide bonds. The molecule has 0 aliphatic carbocycles. The van der Waals surface area contributed by atoms with Crippen LogP contribution in [0.4, 0.5) is 0 Å². The standard InChI is InChI=1S/C62H54B2N4O.Pt/c1-37(2)45-23-15-24-46(38(3)4)57(45)63-49-27-9-11-33-55(49)67-59-51(63)29-17-31-53(59)65-61(67)41-19-13-21-43(35-41)69-44-22-14-20-42(36-44)62-66-54-32-18-30-52-60(54)68(62)56-34-12-10-28-50(56)64(52)58-47(39(5)6)25-16-26-48(58)40(7)8;/h9-34,37-40H,1-8H3;/q-2;+2. The Morgan fingerprint density at radius 2 is 0.743 bits per heavy atom. The van der Waals surface area contributed by atoms with Crippen LogP contribution in [-0.4, -0.2) is 32.5 Å². The molecule has 2 aromatic heterocycles. The molecule has 70 heavy (non-hydrogen) atoms. The summed E-state index contributed by atoms with van der Waals surface area (Å²) in [5, 5.41) is 0. The molecule has 344 valence electrons. The van der Waals surface area contributed by atoms with Gasteiger partial charge in [0.05, 0.1) is 33.7 Å². The van der Waals surface area contributed by atoms with Crippen LogP contribution in [0.25, 0.3) is 56.2 Å². The van der Waals surface area contributed by atoms with Crippen molar-refractivity contribution in [2.45, 2.75) is 79.1 Å². The summed E-state index contributed by atoms with van der Waals surface area (Å²) >= 11 is 0. The van der Waals surface area contributed by atoms with Crippen LogP contribution in [0, 0.1) is 12.1 Å². The van der Waals surface area contributed by atoms with E-state index in [1.165, 1.54) is 55.0 Å². The first-order valence-corrected chi connectivity index (χ1v) is 24.8. The molecule has 0 saturated heterocycles. The minimum atomic E-state index is 0. The predicted octanol–water partition coefficient (Wildman–Crippen LogP) is 11.2. The van der Waals surface area contributed by atoms with Gasteiger partial charge in [-0.25, -0.2) is 0 Å². The van der Waals surface area contributed by atoms with Crippen molar-refractivity contribution in [1.29, 1.82) is 0 Å². The molecule has 0 fully saturated rings. The van der Waals surface area contributed by atoms with E-state index < -0.39 is 0 Å². The van der Waals surface area contributed by atoms with Crippen LogP contribution in [0.2, 0.25) is 0 Å². The maximum absolute atomic E-state index is 6.72. The maximum atomic E-state index is 6.72. The van der Waals surface area contributed by atoms with Gasteiger partial charge in [-0.2, -0.15) is 0 Å². The maximum Gasteiger partial charge on any atom is 2.00 e. The summed E-state index contributed by atoms with van der Waals surface area (Å²) in [6.07, 6.45) is 0. The zero-order valence-corrected chi connectivity index (χ0v) is 43.3. The number of imidazole rings is 2. The van der Waals surface area contributed by atoms with E-state index in [4.69, 9.17) is 14.7 Å². The fourth-order valence-electron chi connectivity index (χ4n) is 11.7. The number of hydrogen-bond donors (Lipinski definition) is 0. The van der Waals surface area contributed by atoms with Crippen LogP contribution in [0.1, 0.15) is 101 Å². The van der Waals surface area contributed by atoms with Gasteiger partial charge < -0.3 is 13.9 Å². The molecule has 4 heterocycles. The summed E-state index contributed by atoms with van der Waals surface area (Å²) < 4.78 is 11.4. The van der Waals surface area contributed by atoms with Crippen molar-refractivity contribution < 1.29 is 25.8 Å². The molecule has 8 aromatic carbocycles. The van der Waals surface area contributed by atoms with E-state index in [1.807, 2.05) is 24.3 Å². The molecule has 12 rings (SSSR count). The third-order valence-electron chi connectivity index (χ3n) is 14.7. The summed E-state index contributed by atoms with van der Waals surface area (Å²) in [4.78, 5) is 10.8. The van der Waals surface area contributed by atoms with Gasteiger partial charge in [-0.15, -0.1) is 47.5 Å². The predicted molar refractivity (Wildman–Crippen MR) is 289 cm³/mol. The van der Waals surface area contributed by atoms with E-state index in [0.717, 1.165) is 56.2 Å². The first kappa shape index (κ1) is 45.7. The third kappa shape index (κ3) is 7.26. The Morgan fingerprint density at radius 3 is 1.13 bits per heavy atom. The van der Waals surface area contributed by atoms with Crippen LogP contribution in [0.3, 0.4) is 0 Å². The Bertz CT molecular complexity index is 3370. The normalized spacial score (nSPS) is 12.6. The number of aromatic nitrogens is 4. The molecule has 2 aliphatic rings. The SMILES string of the molecule is CC(C)c1cccc(C(C)C)c1B1c2ccccc2-n2c(-c3[c-]c(Oc4[c-]c(-c5nc6cccc7c6n5-c5ccccc5B7c5c(C(C)C)cccc5C(C)C)ccc4)ccc3)nc3cccc1c32.[Pt+2]. The zero-order valence-electron chi connectivity index (χ0n) is 41.0. The van der Waals surface area contributed by atoms with Crippen molar-refractivity contribution in [3.05, 3.63) is 192 Å². The van der Waals surface area contributed by atoms with Crippen molar-refractivity contribution in [3.8, 4) is 45.6 Å². The fourth-order valence-corrected chi connectivity index (χ4v) is 11.7. The minimum Gasteiger partial charge on any atom is -0.497 e. The number of hydrogen-bond acceptors (Lipinski definition) is 3. The summed E-state index contributed by atoms with van der Waals surface area (Å²) in [5.74, 6) is 4.36. The van der Waals surface area contributed by atoms with E-state index in [1.54, 1.807) is 0 Å². The molecule has 0 bridgehead atoms. The molecule has 0 N–H and O–H groups in total. The van der Waals surface area contributed by atoms with Crippen LogP contribution in [0.15, 0.2) is 158 Å². The Balaban J connectivity index is 0.00000533. The van der Waals surface area contributed by atoms with E-state index in [2.05, 4.69) is 210 Å². The first-order chi connectivity index (χ1) is 33.6. The van der Waals surface area contributed by atoms with Gasteiger partial charge in [-0.3, -0.25) is 9.97 Å². The van der Waals surface area contributed by atoms with Crippen molar-refractivity contribution >= 4 is 68.3 Å². The van der Waals surface area contributed by atoms with Crippen LogP contribution >= 0.6 is 0 Å². The quantitative estimate of drug-likeness (QED) is 0.101. The number of rotatable bonds is 10. The molecule has 5 nitrogen and oxygen atoms in total. The van der Waals surface area contributed by atoms with Gasteiger partial charge in [0.1, 0.15) is 0 Å². The van der Waals surface area contributed by atoms with Crippen molar-refractivity contribution in [1.82, 2.24) is 19.1 Å². The van der Waals surface area contributed by atoms with Gasteiger partial charge in [0, 0.05) is 22.9 Å². The number of ether oxygens (including phenoxy) is 1. The summed E-state index contributed by atoms with van der Waals surface area (Å²) in [5.41, 5.74) is 21.8. The summed E-state index contributed by atoms with van der Waals surface area (Å²) in [6.45, 7) is 18.7. The van der Waals surface area contributed by atoms with Crippen LogP contribution in [0.5, 0.6) is 11.5 Å². The molecule has 0 radical (unpaired) electrons. The van der Waals surface area contributed by atoms with E-state index >= 15 is 0 Å². The molecule has 2 aliphatic heterocycles. The molecule has 8 heteroatoms. The Morgan fingerprint density at radius 1 is 0.400 bits per heavy atom. The van der Waals surface area contributed by atoms with Gasteiger partial charge in [0.2, 0.25) is 13.4 Å². The van der Waals surface area contributed by atoms with E-state index in [0.29, 0.717) is 35.2 Å². The molecule has 10 aromatic rings. The third-order valence-corrected chi connectivity index (χ3v) is 14.7. The Kier molecular flexibility index (Phi) is 11.7. The molecule has 0 unspecified atom stereocenters. The van der Waals surface area contributed by atoms with Crippen molar-refractivity contribution in [3.63, 3.8) is 0 Å². The topological polar surface area (TPSA) is 44.9 Å². The van der Waals surface area contributed by atoms with Gasteiger partial charge >= 0.3 is 21.1 Å². The van der Waals surface area contributed by atoms with Crippen molar-refractivity contribution in [2.24, 2.45) is 0 Å². The number of para-hydroxylation sites is 4. The number of nitrogens with zero attached hydrogens (tertiary/aromatic N) is 4. The molecular weight excluding hydrogens is 1030 g/mol. The Hall–Kier alpha value is -6.68. The summed E-state index contributed by atoms with van der Waals surface area (Å²) in [6, 6.07) is 64.2. The van der Waals surface area contributed by atoms with Crippen LogP contribution < -0.4 is 37.5 Å². The van der Waals surface area contributed by atoms with Crippen molar-refractivity contribution in [2.75, 3.05) is 0 Å². The molecule has 0 saturated carbocycles. The smallest absolute Gasteiger partial charge is 0.497 e. The largest absolute Gasteiger partial charge is 2.00 e. The van der Waals surface area contributed by atoms with E-state index in [-0.39, 0.29) is 34.5 Å². The average Bonchev–Trinajstić information content (AvgIpc) is 3.95. The van der Waals surface area contributed by atoms with Crippen LogP contribution in [-0.2, 0) is 21.1 Å². The monoisotopic (exact) mass is 1090 g/mol. The average molecular weight is 1090 g/mol. The molecule has 0 atom stereocenters. The number of fused-ring (bicyclic) bond motifs is 4. The van der Waals surface area contributed by atoms with E-state index in [9.17, 15) is 0 Å². The van der Waals surface area contributed by atoms with Gasteiger partial charge in [0.15, 0.2) is 0 Å². The second-order valence-corrected chi connectivity index (χ2v) is 20.2. The second-order valence-electron chi connectivity index (χ2n) is 20.2. The van der Waals surface area contributed by atoms with Gasteiger partial charge in [-0.1, -0.05) is 176 Å². The van der Waals surface area contributed by atoms with Gasteiger partial charge in [0.25, 0.3) is 0 Å². The minimum absolute atomic E-state index is 0.